The molecule has 1 aromatic heterocycles. The molecule has 2 aromatic rings. The molecule has 1 heterocycles. The lowest BCUT2D eigenvalue weighted by Gasteiger charge is -2.10. The van der Waals surface area contributed by atoms with Crippen LogP contribution in [0.2, 0.25) is 5.02 Å². The number of rotatable bonds is 1. The smallest absolute Gasteiger partial charge is 0.106 e. The summed E-state index contributed by atoms with van der Waals surface area (Å²) in [6.07, 6.45) is 0. The number of aromatic nitrogens is 2. The Morgan fingerprint density at radius 3 is 2.44 bits per heavy atom. The summed E-state index contributed by atoms with van der Waals surface area (Å²) in [4.78, 5) is 4.48. The molecule has 0 aliphatic heterocycles. The highest BCUT2D eigenvalue weighted by atomic mass is 35.5. The molecule has 2 nitrogen and oxygen atoms in total. The zero-order valence-corrected chi connectivity index (χ0v) is 11.3. The fraction of sp³-hybridized carbons (Fsp3) is 0.462. The van der Waals surface area contributed by atoms with Crippen LogP contribution in [0.4, 0.5) is 0 Å². The molecule has 0 saturated carbocycles. The Labute approximate surface area is 102 Å². The summed E-state index contributed by atoms with van der Waals surface area (Å²) in [6.45, 7) is 10.3. The highest BCUT2D eigenvalue weighted by Gasteiger charge is 2.09. The molecule has 0 radical (unpaired) electrons. The van der Waals surface area contributed by atoms with Gasteiger partial charge < -0.3 is 4.57 Å². The van der Waals surface area contributed by atoms with Crippen LogP contribution in [0.3, 0.4) is 0 Å². The fourth-order valence-electron chi connectivity index (χ4n) is 1.84. The van der Waals surface area contributed by atoms with E-state index >= 15 is 0 Å². The van der Waals surface area contributed by atoms with Crippen LogP contribution in [0, 0.1) is 6.92 Å². The summed E-state index contributed by atoms with van der Waals surface area (Å²) in [6, 6.07) is 6.22. The van der Waals surface area contributed by atoms with Gasteiger partial charge in [0, 0.05) is 11.1 Å². The van der Waals surface area contributed by atoms with Gasteiger partial charge in [0.1, 0.15) is 5.82 Å². The molecule has 0 saturated heterocycles. The molecule has 3 heteroatoms. The summed E-state index contributed by atoms with van der Waals surface area (Å²) in [5.41, 5.74) is 2.13. The first-order valence-electron chi connectivity index (χ1n) is 5.73. The van der Waals surface area contributed by atoms with Crippen LogP contribution in [0.25, 0.3) is 11.0 Å². The van der Waals surface area contributed by atoms with Crippen LogP contribution in [-0.2, 0) is 0 Å². The number of fused-ring (bicyclic) bond motifs is 1. The summed E-state index contributed by atoms with van der Waals surface area (Å²) in [5, 5.41) is 0.763. The van der Waals surface area contributed by atoms with E-state index < -0.39 is 0 Å². The Bertz CT molecular complexity index is 472. The first-order valence-corrected chi connectivity index (χ1v) is 6.11. The molecule has 0 spiro atoms. The van der Waals surface area contributed by atoms with E-state index in [2.05, 4.69) is 23.4 Å². The van der Waals surface area contributed by atoms with Gasteiger partial charge in [-0.25, -0.2) is 4.98 Å². The normalized spacial score (nSPS) is 10.4. The minimum absolute atomic E-state index is 0.415. The molecule has 0 aliphatic rings. The zero-order valence-electron chi connectivity index (χ0n) is 10.6. The van der Waals surface area contributed by atoms with E-state index in [9.17, 15) is 0 Å². The third-order valence-electron chi connectivity index (χ3n) is 2.34. The number of hydrogen-bond donors (Lipinski definition) is 0. The van der Waals surface area contributed by atoms with Crippen LogP contribution in [0.1, 0.15) is 39.6 Å². The van der Waals surface area contributed by atoms with Crippen LogP contribution in [-0.4, -0.2) is 9.55 Å². The Morgan fingerprint density at radius 2 is 1.88 bits per heavy atom. The van der Waals surface area contributed by atoms with Gasteiger partial charge in [0.05, 0.1) is 11.0 Å². The fourth-order valence-corrected chi connectivity index (χ4v) is 2.00. The second kappa shape index (κ2) is 5.35. The van der Waals surface area contributed by atoms with Crippen molar-refractivity contribution in [2.24, 2.45) is 0 Å². The highest BCUT2D eigenvalue weighted by Crippen LogP contribution is 2.23. The number of imidazole rings is 1. The second-order valence-corrected chi connectivity index (χ2v) is 4.19. The number of benzene rings is 1. The average molecular weight is 239 g/mol. The topological polar surface area (TPSA) is 17.8 Å². The number of hydrogen-bond acceptors (Lipinski definition) is 1. The van der Waals surface area contributed by atoms with Gasteiger partial charge in [-0.3, -0.25) is 0 Å². The lowest BCUT2D eigenvalue weighted by Crippen LogP contribution is -2.02. The lowest BCUT2D eigenvalue weighted by atomic mass is 10.3. The molecule has 2 rings (SSSR count). The quantitative estimate of drug-likeness (QED) is 0.710. The minimum Gasteiger partial charge on any atom is -0.326 e. The maximum absolute atomic E-state index is 5.96. The van der Waals surface area contributed by atoms with Gasteiger partial charge in [0.2, 0.25) is 0 Å². The molecule has 0 atom stereocenters. The SMILES string of the molecule is CC.Cc1nc2ccc(Cl)cc2n1C(C)C. The van der Waals surface area contributed by atoms with Gasteiger partial charge in [-0.05, 0) is 39.0 Å². The molecule has 0 fully saturated rings. The first-order chi connectivity index (χ1) is 7.59. The maximum Gasteiger partial charge on any atom is 0.106 e. The molecular formula is C13H19ClN2. The number of nitrogens with zero attached hydrogens (tertiary/aromatic N) is 2. The molecule has 16 heavy (non-hydrogen) atoms. The van der Waals surface area contributed by atoms with Crippen molar-refractivity contribution >= 4 is 22.6 Å². The van der Waals surface area contributed by atoms with E-state index in [1.165, 1.54) is 0 Å². The van der Waals surface area contributed by atoms with Gasteiger partial charge in [-0.1, -0.05) is 25.4 Å². The molecular weight excluding hydrogens is 220 g/mol. The number of aryl methyl sites for hydroxylation is 1. The zero-order chi connectivity index (χ0) is 12.3. The largest absolute Gasteiger partial charge is 0.326 e. The average Bonchev–Trinajstić information content (AvgIpc) is 2.56. The lowest BCUT2D eigenvalue weighted by molar-refractivity contribution is 0.600. The molecule has 1 aromatic carbocycles. The van der Waals surface area contributed by atoms with Crippen molar-refractivity contribution in [1.29, 1.82) is 0 Å². The minimum atomic E-state index is 0.415. The Hall–Kier alpha value is -1.02. The summed E-state index contributed by atoms with van der Waals surface area (Å²) in [5.74, 6) is 1.04. The highest BCUT2D eigenvalue weighted by molar-refractivity contribution is 6.31. The van der Waals surface area contributed by atoms with E-state index in [0.29, 0.717) is 6.04 Å². The molecule has 0 N–H and O–H groups in total. The van der Waals surface area contributed by atoms with Crippen molar-refractivity contribution in [2.75, 3.05) is 0 Å². The van der Waals surface area contributed by atoms with E-state index in [1.54, 1.807) is 0 Å². The van der Waals surface area contributed by atoms with Crippen LogP contribution in [0.15, 0.2) is 18.2 Å². The molecule has 0 aliphatic carbocycles. The molecule has 88 valence electrons. The first kappa shape index (κ1) is 13.0. The Balaban J connectivity index is 0.000000606. The van der Waals surface area contributed by atoms with Gasteiger partial charge in [0.15, 0.2) is 0 Å². The molecule has 0 unspecified atom stereocenters. The third-order valence-corrected chi connectivity index (χ3v) is 2.58. The van der Waals surface area contributed by atoms with E-state index in [4.69, 9.17) is 11.6 Å². The monoisotopic (exact) mass is 238 g/mol. The second-order valence-electron chi connectivity index (χ2n) is 3.76. The maximum atomic E-state index is 5.96. The van der Waals surface area contributed by atoms with Gasteiger partial charge in [-0.15, -0.1) is 0 Å². The van der Waals surface area contributed by atoms with Crippen molar-refractivity contribution in [1.82, 2.24) is 9.55 Å². The summed E-state index contributed by atoms with van der Waals surface area (Å²) < 4.78 is 2.20. The van der Waals surface area contributed by atoms with Gasteiger partial charge in [0.25, 0.3) is 0 Å². The number of halogens is 1. The Morgan fingerprint density at radius 1 is 1.25 bits per heavy atom. The molecule has 0 amide bonds. The summed E-state index contributed by atoms with van der Waals surface area (Å²) >= 11 is 5.96. The Kier molecular flexibility index (Phi) is 4.36. The standard InChI is InChI=1S/C11H13ClN2.C2H6/c1-7(2)14-8(3)13-10-5-4-9(12)6-11(10)14;1-2/h4-7H,1-3H3;1-2H3. The van der Waals surface area contributed by atoms with Crippen LogP contribution >= 0.6 is 11.6 Å². The predicted octanol–water partition coefficient (Wildman–Crippen LogP) is 4.61. The van der Waals surface area contributed by atoms with E-state index in [1.807, 2.05) is 39.0 Å². The summed E-state index contributed by atoms with van der Waals surface area (Å²) in [7, 11) is 0. The van der Waals surface area contributed by atoms with Gasteiger partial charge in [-0.2, -0.15) is 0 Å². The van der Waals surface area contributed by atoms with Crippen molar-refractivity contribution in [3.8, 4) is 0 Å². The third kappa shape index (κ3) is 2.38. The van der Waals surface area contributed by atoms with Crippen LogP contribution < -0.4 is 0 Å². The van der Waals surface area contributed by atoms with Crippen molar-refractivity contribution in [3.05, 3.63) is 29.0 Å². The van der Waals surface area contributed by atoms with E-state index in [-0.39, 0.29) is 0 Å². The van der Waals surface area contributed by atoms with Gasteiger partial charge >= 0.3 is 0 Å². The van der Waals surface area contributed by atoms with Crippen LogP contribution in [0.5, 0.6) is 0 Å². The van der Waals surface area contributed by atoms with Crippen molar-refractivity contribution in [3.63, 3.8) is 0 Å². The molecule has 0 bridgehead atoms. The van der Waals surface area contributed by atoms with Crippen molar-refractivity contribution < 1.29 is 0 Å². The van der Waals surface area contributed by atoms with E-state index in [0.717, 1.165) is 21.9 Å². The van der Waals surface area contributed by atoms with Crippen molar-refractivity contribution in [2.45, 2.75) is 40.7 Å². The predicted molar refractivity (Wildman–Crippen MR) is 71.2 cm³/mol.